The van der Waals surface area contributed by atoms with Crippen LogP contribution in [0.2, 0.25) is 0 Å². The number of carbonyl (C=O) groups is 2. The number of methoxy groups -OCH3 is 1. The summed E-state index contributed by atoms with van der Waals surface area (Å²) >= 11 is 0. The Balaban J connectivity index is 2.46. The second kappa shape index (κ2) is 12.6. The molecule has 2 aromatic carbocycles. The number of hydrogen-bond acceptors (Lipinski definition) is 5. The van der Waals surface area contributed by atoms with E-state index in [1.54, 1.807) is 24.3 Å². The van der Waals surface area contributed by atoms with Crippen LogP contribution in [0.25, 0.3) is 0 Å². The molecule has 2 aromatic rings. The van der Waals surface area contributed by atoms with Gasteiger partial charge in [-0.05, 0) is 49.9 Å². The quantitative estimate of drug-likeness (QED) is 0.478. The van der Waals surface area contributed by atoms with E-state index in [0.29, 0.717) is 17.9 Å². The van der Waals surface area contributed by atoms with Crippen LogP contribution in [0, 0.1) is 6.92 Å². The first-order valence-electron chi connectivity index (χ1n) is 11.8. The number of rotatable bonds is 12. The molecule has 0 unspecified atom stereocenters. The molecule has 0 saturated carbocycles. The largest absolute Gasteiger partial charge is 0.497 e. The molecule has 2 rings (SSSR count). The van der Waals surface area contributed by atoms with Gasteiger partial charge in [0.15, 0.2) is 0 Å². The van der Waals surface area contributed by atoms with Crippen molar-refractivity contribution in [1.82, 2.24) is 10.2 Å². The minimum absolute atomic E-state index is 0.0451. The van der Waals surface area contributed by atoms with Crippen LogP contribution in [-0.2, 0) is 26.2 Å². The van der Waals surface area contributed by atoms with Crippen molar-refractivity contribution in [3.63, 3.8) is 0 Å². The molecule has 0 aliphatic carbocycles. The predicted molar refractivity (Wildman–Crippen MR) is 139 cm³/mol. The third-order valence-corrected chi connectivity index (χ3v) is 7.15. The van der Waals surface area contributed by atoms with Crippen molar-refractivity contribution in [2.75, 3.05) is 24.2 Å². The normalized spacial score (nSPS) is 13.0. The summed E-state index contributed by atoms with van der Waals surface area (Å²) in [5.41, 5.74) is 2.19. The Hall–Kier alpha value is -3.07. The number of benzene rings is 2. The molecule has 2 amide bonds. The number of sulfonamides is 1. The van der Waals surface area contributed by atoms with Gasteiger partial charge in [-0.1, -0.05) is 44.2 Å². The SMILES string of the molecule is CC[C@@H](C)NC(=O)[C@H](CC)N(Cc1ccccc1C)C(=O)CN(c1cccc(OC)c1)S(C)(=O)=O. The van der Waals surface area contributed by atoms with Crippen LogP contribution < -0.4 is 14.4 Å². The fourth-order valence-electron chi connectivity index (χ4n) is 3.71. The maximum absolute atomic E-state index is 13.7. The van der Waals surface area contributed by atoms with E-state index in [9.17, 15) is 18.0 Å². The van der Waals surface area contributed by atoms with E-state index >= 15 is 0 Å². The second-order valence-electron chi connectivity index (χ2n) is 8.66. The zero-order chi connectivity index (χ0) is 26.2. The first kappa shape index (κ1) is 28.2. The number of nitrogens with one attached hydrogen (secondary N) is 1. The van der Waals surface area contributed by atoms with E-state index in [1.807, 2.05) is 52.0 Å². The fraction of sp³-hybridized carbons (Fsp3) is 0.462. The molecule has 35 heavy (non-hydrogen) atoms. The molecule has 0 heterocycles. The van der Waals surface area contributed by atoms with Crippen molar-refractivity contribution < 1.29 is 22.7 Å². The third-order valence-electron chi connectivity index (χ3n) is 6.01. The molecule has 0 aromatic heterocycles. The summed E-state index contributed by atoms with van der Waals surface area (Å²) in [6, 6.07) is 13.4. The summed E-state index contributed by atoms with van der Waals surface area (Å²) in [6.45, 7) is 7.41. The van der Waals surface area contributed by atoms with Crippen LogP contribution in [0.3, 0.4) is 0 Å². The molecule has 0 aliphatic heterocycles. The van der Waals surface area contributed by atoms with E-state index in [-0.39, 0.29) is 18.5 Å². The van der Waals surface area contributed by atoms with Crippen molar-refractivity contribution in [3.8, 4) is 5.75 Å². The number of nitrogens with zero attached hydrogens (tertiary/aromatic N) is 2. The highest BCUT2D eigenvalue weighted by molar-refractivity contribution is 7.92. The van der Waals surface area contributed by atoms with E-state index < -0.39 is 28.5 Å². The fourth-order valence-corrected chi connectivity index (χ4v) is 4.55. The lowest BCUT2D eigenvalue weighted by Gasteiger charge is -2.33. The van der Waals surface area contributed by atoms with E-state index in [2.05, 4.69) is 5.32 Å². The number of ether oxygens (including phenoxy) is 1. The molecule has 9 heteroatoms. The molecule has 2 atom stereocenters. The summed E-state index contributed by atoms with van der Waals surface area (Å²) in [4.78, 5) is 28.3. The minimum Gasteiger partial charge on any atom is -0.497 e. The maximum Gasteiger partial charge on any atom is 0.244 e. The molecule has 0 radical (unpaired) electrons. The van der Waals surface area contributed by atoms with Crippen LogP contribution in [0.1, 0.15) is 44.7 Å². The van der Waals surface area contributed by atoms with Gasteiger partial charge in [-0.25, -0.2) is 8.42 Å². The first-order valence-corrected chi connectivity index (χ1v) is 13.6. The Kier molecular flexibility index (Phi) is 10.1. The molecular formula is C26H37N3O5S. The molecule has 0 fully saturated rings. The van der Waals surface area contributed by atoms with Gasteiger partial charge < -0.3 is 15.0 Å². The van der Waals surface area contributed by atoms with Crippen LogP contribution in [0.15, 0.2) is 48.5 Å². The van der Waals surface area contributed by atoms with Gasteiger partial charge >= 0.3 is 0 Å². The lowest BCUT2D eigenvalue weighted by Crippen LogP contribution is -2.53. The van der Waals surface area contributed by atoms with Crippen LogP contribution >= 0.6 is 0 Å². The number of aryl methyl sites for hydroxylation is 1. The summed E-state index contributed by atoms with van der Waals surface area (Å²) in [5, 5.41) is 2.97. The average Bonchev–Trinajstić information content (AvgIpc) is 2.82. The maximum atomic E-state index is 13.7. The van der Waals surface area contributed by atoms with Crippen molar-refractivity contribution in [1.29, 1.82) is 0 Å². The van der Waals surface area contributed by atoms with E-state index in [4.69, 9.17) is 4.74 Å². The second-order valence-corrected chi connectivity index (χ2v) is 10.6. The van der Waals surface area contributed by atoms with E-state index in [0.717, 1.165) is 28.1 Å². The molecule has 0 bridgehead atoms. The standard InChI is InChI=1S/C26H37N3O5S/c1-7-20(4)27-26(31)24(8-2)28(17-21-13-10-9-12-19(21)3)25(30)18-29(35(6,32)33)22-14-11-15-23(16-22)34-5/h9-16,20,24H,7-8,17-18H2,1-6H3,(H,27,31)/t20-,24+/m1/s1. The highest BCUT2D eigenvalue weighted by atomic mass is 32.2. The van der Waals surface area contributed by atoms with Crippen LogP contribution in [0.4, 0.5) is 5.69 Å². The van der Waals surface area contributed by atoms with Gasteiger partial charge in [0, 0.05) is 18.7 Å². The topological polar surface area (TPSA) is 96.0 Å². The molecular weight excluding hydrogens is 466 g/mol. The minimum atomic E-state index is -3.80. The number of amides is 2. The van der Waals surface area contributed by atoms with Crippen molar-refractivity contribution >= 4 is 27.5 Å². The Bertz CT molecular complexity index is 1120. The highest BCUT2D eigenvalue weighted by Crippen LogP contribution is 2.24. The lowest BCUT2D eigenvalue weighted by molar-refractivity contribution is -0.140. The third kappa shape index (κ3) is 7.71. The molecule has 8 nitrogen and oxygen atoms in total. The van der Waals surface area contributed by atoms with E-state index in [1.165, 1.54) is 12.0 Å². The summed E-state index contributed by atoms with van der Waals surface area (Å²) < 4.78 is 31.7. The van der Waals surface area contributed by atoms with Crippen LogP contribution in [0.5, 0.6) is 5.75 Å². The summed E-state index contributed by atoms with van der Waals surface area (Å²) in [7, 11) is -2.31. The Morgan fingerprint density at radius 2 is 1.74 bits per heavy atom. The van der Waals surface area contributed by atoms with Gasteiger partial charge in [-0.2, -0.15) is 0 Å². The smallest absolute Gasteiger partial charge is 0.244 e. The highest BCUT2D eigenvalue weighted by Gasteiger charge is 2.32. The molecule has 1 N–H and O–H groups in total. The van der Waals surface area contributed by atoms with Gasteiger partial charge in [0.05, 0.1) is 19.1 Å². The monoisotopic (exact) mass is 503 g/mol. The van der Waals surface area contributed by atoms with Crippen molar-refractivity contribution in [3.05, 3.63) is 59.7 Å². The Labute approximate surface area is 209 Å². The Morgan fingerprint density at radius 1 is 1.06 bits per heavy atom. The van der Waals surface area contributed by atoms with Crippen LogP contribution in [-0.4, -0.2) is 57.1 Å². The number of anilines is 1. The first-order chi connectivity index (χ1) is 16.5. The molecule has 0 saturated heterocycles. The van der Waals surface area contributed by atoms with Crippen molar-refractivity contribution in [2.24, 2.45) is 0 Å². The summed E-state index contributed by atoms with van der Waals surface area (Å²) in [5.74, 6) is -0.247. The zero-order valence-electron chi connectivity index (χ0n) is 21.4. The van der Waals surface area contributed by atoms with Gasteiger partial charge in [0.2, 0.25) is 21.8 Å². The van der Waals surface area contributed by atoms with Crippen molar-refractivity contribution in [2.45, 2.75) is 59.2 Å². The molecule has 192 valence electrons. The zero-order valence-corrected chi connectivity index (χ0v) is 22.3. The molecule has 0 aliphatic rings. The Morgan fingerprint density at radius 3 is 2.31 bits per heavy atom. The number of hydrogen-bond donors (Lipinski definition) is 1. The van der Waals surface area contributed by atoms with Gasteiger partial charge in [0.25, 0.3) is 0 Å². The average molecular weight is 504 g/mol. The summed E-state index contributed by atoms with van der Waals surface area (Å²) in [6.07, 6.45) is 2.20. The predicted octanol–water partition coefficient (Wildman–Crippen LogP) is 3.49. The lowest BCUT2D eigenvalue weighted by atomic mass is 10.1. The molecule has 0 spiro atoms. The number of carbonyl (C=O) groups excluding carboxylic acids is 2. The van der Waals surface area contributed by atoms with Gasteiger partial charge in [-0.3, -0.25) is 13.9 Å². The van der Waals surface area contributed by atoms with Gasteiger partial charge in [0.1, 0.15) is 18.3 Å². The van der Waals surface area contributed by atoms with Gasteiger partial charge in [-0.15, -0.1) is 0 Å².